The highest BCUT2D eigenvalue weighted by Crippen LogP contribution is 2.17. The van der Waals surface area contributed by atoms with Crippen LogP contribution in [0.1, 0.15) is 36.3 Å². The van der Waals surface area contributed by atoms with E-state index in [1.165, 1.54) is 6.26 Å². The molecule has 0 aliphatic carbocycles. The van der Waals surface area contributed by atoms with Gasteiger partial charge in [-0.1, -0.05) is 13.8 Å². The van der Waals surface area contributed by atoms with Crippen LogP contribution in [0.3, 0.4) is 0 Å². The maximum Gasteiger partial charge on any atom is 0.273 e. The van der Waals surface area contributed by atoms with Gasteiger partial charge in [0, 0.05) is 26.2 Å². The molecule has 118 valence electrons. The Bertz CT molecular complexity index is 455. The SMILES string of the molecule is CC(C)C(N)c1nc(C(=O)NCCN2CCOCC2)co1. The summed E-state index contributed by atoms with van der Waals surface area (Å²) in [6.45, 7) is 8.69. The minimum atomic E-state index is -0.292. The molecule has 1 unspecified atom stereocenters. The van der Waals surface area contributed by atoms with Crippen LogP contribution in [0, 0.1) is 5.92 Å². The molecule has 1 aliphatic heterocycles. The van der Waals surface area contributed by atoms with Crippen LogP contribution < -0.4 is 11.1 Å². The number of carbonyl (C=O) groups is 1. The fourth-order valence-electron chi connectivity index (χ4n) is 2.07. The number of nitrogens with zero attached hydrogens (tertiary/aromatic N) is 2. The summed E-state index contributed by atoms with van der Waals surface area (Å²) in [5.74, 6) is 0.387. The highest BCUT2D eigenvalue weighted by atomic mass is 16.5. The van der Waals surface area contributed by atoms with Crippen molar-refractivity contribution in [3.8, 4) is 0 Å². The number of carbonyl (C=O) groups excluding carboxylic acids is 1. The molecule has 3 N–H and O–H groups in total. The van der Waals surface area contributed by atoms with E-state index in [-0.39, 0.29) is 23.6 Å². The van der Waals surface area contributed by atoms with Gasteiger partial charge < -0.3 is 20.2 Å². The zero-order valence-corrected chi connectivity index (χ0v) is 12.7. The highest BCUT2D eigenvalue weighted by Gasteiger charge is 2.19. The predicted molar refractivity (Wildman–Crippen MR) is 77.9 cm³/mol. The van der Waals surface area contributed by atoms with Crippen molar-refractivity contribution in [3.63, 3.8) is 0 Å². The number of ether oxygens (including phenoxy) is 1. The summed E-state index contributed by atoms with van der Waals surface area (Å²) in [7, 11) is 0. The van der Waals surface area contributed by atoms with Gasteiger partial charge in [-0.15, -0.1) is 0 Å². The van der Waals surface area contributed by atoms with E-state index in [1.54, 1.807) is 0 Å². The summed E-state index contributed by atoms with van der Waals surface area (Å²) in [4.78, 5) is 18.4. The Morgan fingerprint density at radius 1 is 1.48 bits per heavy atom. The van der Waals surface area contributed by atoms with Crippen molar-refractivity contribution >= 4 is 5.91 Å². The van der Waals surface area contributed by atoms with Gasteiger partial charge in [0.25, 0.3) is 5.91 Å². The lowest BCUT2D eigenvalue weighted by molar-refractivity contribution is 0.0383. The maximum atomic E-state index is 12.0. The zero-order chi connectivity index (χ0) is 15.2. The van der Waals surface area contributed by atoms with Gasteiger partial charge in [0.05, 0.1) is 19.3 Å². The molecule has 21 heavy (non-hydrogen) atoms. The Morgan fingerprint density at radius 2 is 2.19 bits per heavy atom. The second-order valence-electron chi connectivity index (χ2n) is 5.55. The summed E-state index contributed by atoms with van der Waals surface area (Å²) >= 11 is 0. The quantitative estimate of drug-likeness (QED) is 0.789. The molecule has 7 nitrogen and oxygen atoms in total. The monoisotopic (exact) mass is 296 g/mol. The van der Waals surface area contributed by atoms with Crippen LogP contribution in [0.25, 0.3) is 0 Å². The fraction of sp³-hybridized carbons (Fsp3) is 0.714. The van der Waals surface area contributed by atoms with Crippen LogP contribution in [-0.2, 0) is 4.74 Å². The number of amides is 1. The minimum absolute atomic E-state index is 0.209. The number of rotatable bonds is 6. The van der Waals surface area contributed by atoms with E-state index in [2.05, 4.69) is 15.2 Å². The zero-order valence-electron chi connectivity index (χ0n) is 12.7. The molecule has 1 aromatic heterocycles. The number of nitrogens with one attached hydrogen (secondary N) is 1. The molecule has 0 radical (unpaired) electrons. The second-order valence-corrected chi connectivity index (χ2v) is 5.55. The number of hydrogen-bond donors (Lipinski definition) is 2. The highest BCUT2D eigenvalue weighted by molar-refractivity contribution is 5.91. The molecule has 1 aliphatic rings. The van der Waals surface area contributed by atoms with Crippen LogP contribution >= 0.6 is 0 Å². The van der Waals surface area contributed by atoms with Crippen molar-refractivity contribution in [3.05, 3.63) is 17.8 Å². The summed E-state index contributed by atoms with van der Waals surface area (Å²) < 4.78 is 10.6. The average molecular weight is 296 g/mol. The average Bonchev–Trinajstić information content (AvgIpc) is 2.97. The third kappa shape index (κ3) is 4.52. The van der Waals surface area contributed by atoms with Crippen molar-refractivity contribution in [1.29, 1.82) is 0 Å². The summed E-state index contributed by atoms with van der Waals surface area (Å²) in [5, 5.41) is 2.84. The lowest BCUT2D eigenvalue weighted by Crippen LogP contribution is -2.41. The van der Waals surface area contributed by atoms with Crippen LogP contribution in [0.15, 0.2) is 10.7 Å². The molecule has 0 bridgehead atoms. The molecule has 2 heterocycles. The number of aromatic nitrogens is 1. The van der Waals surface area contributed by atoms with Crippen LogP contribution in [0.5, 0.6) is 0 Å². The Balaban J connectivity index is 1.77. The summed E-state index contributed by atoms with van der Waals surface area (Å²) in [6, 6.07) is -0.292. The van der Waals surface area contributed by atoms with Gasteiger partial charge in [0.2, 0.25) is 5.89 Å². The Labute approximate surface area is 124 Å². The van der Waals surface area contributed by atoms with E-state index in [1.807, 2.05) is 13.8 Å². The first kappa shape index (κ1) is 15.9. The molecule has 1 aromatic rings. The molecule has 2 rings (SSSR count). The van der Waals surface area contributed by atoms with E-state index in [4.69, 9.17) is 14.9 Å². The van der Waals surface area contributed by atoms with Gasteiger partial charge in [0.15, 0.2) is 5.69 Å². The number of nitrogens with two attached hydrogens (primary N) is 1. The molecule has 0 saturated carbocycles. The third-order valence-electron chi connectivity index (χ3n) is 3.58. The summed E-state index contributed by atoms with van der Waals surface area (Å²) in [6.07, 6.45) is 1.36. The normalized spacial score (nSPS) is 17.9. The van der Waals surface area contributed by atoms with Crippen molar-refractivity contribution < 1.29 is 13.9 Å². The minimum Gasteiger partial charge on any atom is -0.446 e. The lowest BCUT2D eigenvalue weighted by atomic mass is 10.1. The summed E-state index contributed by atoms with van der Waals surface area (Å²) in [5.41, 5.74) is 6.22. The molecule has 7 heteroatoms. The maximum absolute atomic E-state index is 12.0. The van der Waals surface area contributed by atoms with Crippen molar-refractivity contribution in [2.24, 2.45) is 11.7 Å². The van der Waals surface area contributed by atoms with Crippen molar-refractivity contribution in [2.45, 2.75) is 19.9 Å². The molecule has 1 amide bonds. The Hall–Kier alpha value is -1.44. The molecule has 1 atom stereocenters. The van der Waals surface area contributed by atoms with Crippen molar-refractivity contribution in [2.75, 3.05) is 39.4 Å². The first-order valence-electron chi connectivity index (χ1n) is 7.37. The Kier molecular flexibility index (Phi) is 5.72. The predicted octanol–water partition coefficient (Wildman–Crippen LogP) is 0.392. The van der Waals surface area contributed by atoms with E-state index in [0.29, 0.717) is 12.4 Å². The topological polar surface area (TPSA) is 93.6 Å². The molecular weight excluding hydrogens is 272 g/mol. The first-order valence-corrected chi connectivity index (χ1v) is 7.37. The van der Waals surface area contributed by atoms with Crippen LogP contribution in [-0.4, -0.2) is 55.2 Å². The van der Waals surface area contributed by atoms with E-state index in [9.17, 15) is 4.79 Å². The van der Waals surface area contributed by atoms with Gasteiger partial charge in [0.1, 0.15) is 6.26 Å². The standard InChI is InChI=1S/C14H24N4O3/c1-10(2)12(15)14-17-11(9-21-14)13(19)16-3-4-18-5-7-20-8-6-18/h9-10,12H,3-8,15H2,1-2H3,(H,16,19). The molecule has 0 spiro atoms. The smallest absolute Gasteiger partial charge is 0.273 e. The fourth-order valence-corrected chi connectivity index (χ4v) is 2.07. The molecule has 0 aromatic carbocycles. The molecule has 1 saturated heterocycles. The molecule has 1 fully saturated rings. The largest absolute Gasteiger partial charge is 0.446 e. The van der Waals surface area contributed by atoms with E-state index in [0.717, 1.165) is 32.8 Å². The number of oxazole rings is 1. The third-order valence-corrected chi connectivity index (χ3v) is 3.58. The van der Waals surface area contributed by atoms with Gasteiger partial charge in [-0.05, 0) is 5.92 Å². The first-order chi connectivity index (χ1) is 10.1. The number of morpholine rings is 1. The van der Waals surface area contributed by atoms with Crippen LogP contribution in [0.2, 0.25) is 0 Å². The second kappa shape index (κ2) is 7.53. The van der Waals surface area contributed by atoms with Gasteiger partial charge in [-0.25, -0.2) is 4.98 Å². The van der Waals surface area contributed by atoms with Gasteiger partial charge in [-0.3, -0.25) is 9.69 Å². The van der Waals surface area contributed by atoms with Gasteiger partial charge >= 0.3 is 0 Å². The molecular formula is C14H24N4O3. The lowest BCUT2D eigenvalue weighted by Gasteiger charge is -2.26. The van der Waals surface area contributed by atoms with E-state index >= 15 is 0 Å². The van der Waals surface area contributed by atoms with E-state index < -0.39 is 0 Å². The number of hydrogen-bond acceptors (Lipinski definition) is 6. The Morgan fingerprint density at radius 3 is 2.86 bits per heavy atom. The van der Waals surface area contributed by atoms with Crippen LogP contribution in [0.4, 0.5) is 0 Å². The van der Waals surface area contributed by atoms with Crippen molar-refractivity contribution in [1.82, 2.24) is 15.2 Å². The van der Waals surface area contributed by atoms with Gasteiger partial charge in [-0.2, -0.15) is 0 Å².